The van der Waals surface area contributed by atoms with Gasteiger partial charge in [-0.3, -0.25) is 4.90 Å². The number of benzene rings is 2. The van der Waals surface area contributed by atoms with Gasteiger partial charge in [0.25, 0.3) is 0 Å². The van der Waals surface area contributed by atoms with Crippen molar-refractivity contribution in [2.75, 3.05) is 13.1 Å². The summed E-state index contributed by atoms with van der Waals surface area (Å²) in [5.74, 6) is 1.39. The maximum absolute atomic E-state index is 6.68. The summed E-state index contributed by atoms with van der Waals surface area (Å²) in [6.07, 6.45) is 4.75. The lowest BCUT2D eigenvalue weighted by Gasteiger charge is -2.38. The molecule has 0 saturated carbocycles. The number of piperidine rings is 1. The summed E-state index contributed by atoms with van der Waals surface area (Å²) in [4.78, 5) is 2.50. The molecule has 2 heterocycles. The van der Waals surface area contributed by atoms with E-state index in [9.17, 15) is 0 Å². The third kappa shape index (κ3) is 3.66. The minimum Gasteiger partial charge on any atom is -0.483 e. The highest BCUT2D eigenvalue weighted by molar-refractivity contribution is 6.30. The van der Waals surface area contributed by atoms with Crippen molar-refractivity contribution in [1.29, 1.82) is 0 Å². The van der Waals surface area contributed by atoms with Crippen LogP contribution in [0.4, 0.5) is 0 Å². The molecule has 3 aromatic rings. The van der Waals surface area contributed by atoms with Crippen LogP contribution in [0.1, 0.15) is 30.1 Å². The molecule has 1 aliphatic carbocycles. The summed E-state index contributed by atoms with van der Waals surface area (Å²) in [6.45, 7) is 1.97. The van der Waals surface area contributed by atoms with Crippen molar-refractivity contribution >= 4 is 11.6 Å². The van der Waals surface area contributed by atoms with E-state index in [4.69, 9.17) is 26.6 Å². The maximum Gasteiger partial charge on any atom is 0.170 e. The molecular weight excluding hydrogens is 386 g/mol. The van der Waals surface area contributed by atoms with Crippen LogP contribution >= 0.6 is 11.6 Å². The molecule has 0 spiro atoms. The van der Waals surface area contributed by atoms with E-state index in [1.54, 1.807) is 6.20 Å². The van der Waals surface area contributed by atoms with Gasteiger partial charge >= 0.3 is 0 Å². The SMILES string of the molecule is N[C@@H]1CCCN([C@@H]2Cc3ccccc3[C@@H]2Oc2ccc(Cl)cc2-c2ccno2)C1. The lowest BCUT2D eigenvalue weighted by molar-refractivity contribution is 0.0595. The number of nitrogens with two attached hydrogens (primary N) is 1. The summed E-state index contributed by atoms with van der Waals surface area (Å²) in [5, 5.41) is 4.47. The van der Waals surface area contributed by atoms with Crippen LogP contribution in [0.3, 0.4) is 0 Å². The Kier molecular flexibility index (Phi) is 5.04. The molecule has 29 heavy (non-hydrogen) atoms. The van der Waals surface area contributed by atoms with Gasteiger partial charge in [-0.15, -0.1) is 0 Å². The standard InChI is InChI=1S/C23H24ClN3O2/c24-16-7-8-21(19(13-16)22-9-10-26-29-22)28-23-18-6-2-1-4-15(18)12-20(23)27-11-3-5-17(25)14-27/h1-2,4,6-10,13,17,20,23H,3,5,11-12,14,25H2/t17-,20-,23+/m1/s1. The number of likely N-dealkylation sites (tertiary alicyclic amines) is 1. The van der Waals surface area contributed by atoms with E-state index in [2.05, 4.69) is 34.3 Å². The molecule has 1 saturated heterocycles. The monoisotopic (exact) mass is 409 g/mol. The smallest absolute Gasteiger partial charge is 0.170 e. The molecule has 0 amide bonds. The van der Waals surface area contributed by atoms with Gasteiger partial charge in [-0.25, -0.2) is 0 Å². The highest BCUT2D eigenvalue weighted by Gasteiger charge is 2.39. The second-order valence-electron chi connectivity index (χ2n) is 7.92. The number of rotatable bonds is 4. The summed E-state index contributed by atoms with van der Waals surface area (Å²) < 4.78 is 12.1. The fourth-order valence-corrected chi connectivity index (χ4v) is 4.80. The fourth-order valence-electron chi connectivity index (χ4n) is 4.63. The van der Waals surface area contributed by atoms with Gasteiger partial charge in [0.05, 0.1) is 17.8 Å². The molecule has 6 heteroatoms. The minimum absolute atomic E-state index is 0.0700. The number of halogens is 1. The molecule has 0 radical (unpaired) electrons. The Hall–Kier alpha value is -2.34. The molecule has 2 aromatic carbocycles. The average Bonchev–Trinajstić information content (AvgIpc) is 3.38. The Labute approximate surface area is 175 Å². The molecule has 1 aromatic heterocycles. The van der Waals surface area contributed by atoms with E-state index >= 15 is 0 Å². The van der Waals surface area contributed by atoms with E-state index in [1.165, 1.54) is 11.1 Å². The molecule has 1 aliphatic heterocycles. The number of hydrogen-bond acceptors (Lipinski definition) is 5. The van der Waals surface area contributed by atoms with E-state index in [1.807, 2.05) is 24.3 Å². The van der Waals surface area contributed by atoms with Crippen molar-refractivity contribution in [3.05, 3.63) is 70.9 Å². The first-order valence-corrected chi connectivity index (χ1v) is 10.5. The second kappa shape index (κ2) is 7.82. The Morgan fingerprint density at radius 1 is 1.17 bits per heavy atom. The van der Waals surface area contributed by atoms with E-state index in [0.29, 0.717) is 10.8 Å². The summed E-state index contributed by atoms with van der Waals surface area (Å²) in [6, 6.07) is 16.5. The van der Waals surface area contributed by atoms with Crippen LogP contribution < -0.4 is 10.5 Å². The highest BCUT2D eigenvalue weighted by Crippen LogP contribution is 2.42. The quantitative estimate of drug-likeness (QED) is 0.689. The lowest BCUT2D eigenvalue weighted by atomic mass is 10.0. The largest absolute Gasteiger partial charge is 0.483 e. The van der Waals surface area contributed by atoms with Gasteiger partial charge in [0.15, 0.2) is 5.76 Å². The Morgan fingerprint density at radius 2 is 2.07 bits per heavy atom. The molecule has 1 fully saturated rings. The summed E-state index contributed by atoms with van der Waals surface area (Å²) >= 11 is 6.26. The van der Waals surface area contributed by atoms with Crippen molar-refractivity contribution in [3.8, 4) is 17.1 Å². The van der Waals surface area contributed by atoms with E-state index in [0.717, 1.165) is 43.7 Å². The van der Waals surface area contributed by atoms with Crippen molar-refractivity contribution in [2.24, 2.45) is 5.73 Å². The lowest BCUT2D eigenvalue weighted by Crippen LogP contribution is -2.49. The van der Waals surface area contributed by atoms with Gasteiger partial charge in [-0.1, -0.05) is 41.0 Å². The zero-order chi connectivity index (χ0) is 19.8. The van der Waals surface area contributed by atoms with Crippen LogP contribution in [0, 0.1) is 0 Å². The number of ether oxygens (including phenoxy) is 1. The van der Waals surface area contributed by atoms with Gasteiger partial charge in [0, 0.05) is 23.7 Å². The normalized spacial score (nSPS) is 24.4. The van der Waals surface area contributed by atoms with Crippen molar-refractivity contribution in [2.45, 2.75) is 37.5 Å². The number of fused-ring (bicyclic) bond motifs is 1. The first-order valence-electron chi connectivity index (χ1n) is 10.1. The fraction of sp³-hybridized carbons (Fsp3) is 0.348. The Bertz CT molecular complexity index is 992. The predicted octanol–water partition coefficient (Wildman–Crippen LogP) is 4.46. The maximum atomic E-state index is 6.68. The Morgan fingerprint density at radius 3 is 2.90 bits per heavy atom. The molecule has 2 aliphatic rings. The van der Waals surface area contributed by atoms with Crippen LogP contribution in [0.5, 0.6) is 5.75 Å². The molecule has 2 N–H and O–H groups in total. The summed E-state index contributed by atoms with van der Waals surface area (Å²) in [7, 11) is 0. The van der Waals surface area contributed by atoms with Gasteiger partial charge in [-0.2, -0.15) is 0 Å². The summed E-state index contributed by atoms with van der Waals surface area (Å²) in [5.41, 5.74) is 9.69. The van der Waals surface area contributed by atoms with Gasteiger partial charge in [-0.05, 0) is 55.1 Å². The first kappa shape index (κ1) is 18.7. The van der Waals surface area contributed by atoms with Gasteiger partial charge in [0.2, 0.25) is 0 Å². The van der Waals surface area contributed by atoms with Crippen molar-refractivity contribution in [3.63, 3.8) is 0 Å². The molecule has 150 valence electrons. The minimum atomic E-state index is -0.0700. The molecule has 3 atom stereocenters. The third-order valence-electron chi connectivity index (χ3n) is 6.00. The van der Waals surface area contributed by atoms with Gasteiger partial charge < -0.3 is 15.0 Å². The van der Waals surface area contributed by atoms with Crippen LogP contribution in [0.25, 0.3) is 11.3 Å². The average molecular weight is 410 g/mol. The molecule has 0 unspecified atom stereocenters. The first-order chi connectivity index (χ1) is 14.2. The molecular formula is C23H24ClN3O2. The zero-order valence-electron chi connectivity index (χ0n) is 16.1. The van der Waals surface area contributed by atoms with Crippen LogP contribution in [0.2, 0.25) is 5.02 Å². The number of hydrogen-bond donors (Lipinski definition) is 1. The number of aromatic nitrogens is 1. The molecule has 5 nitrogen and oxygen atoms in total. The van der Waals surface area contributed by atoms with E-state index in [-0.39, 0.29) is 18.2 Å². The van der Waals surface area contributed by atoms with Crippen molar-refractivity contribution in [1.82, 2.24) is 10.1 Å². The molecule has 0 bridgehead atoms. The third-order valence-corrected chi connectivity index (χ3v) is 6.23. The molecule has 5 rings (SSSR count). The van der Waals surface area contributed by atoms with Crippen LogP contribution in [0.15, 0.2) is 59.3 Å². The topological polar surface area (TPSA) is 64.5 Å². The van der Waals surface area contributed by atoms with Crippen molar-refractivity contribution < 1.29 is 9.26 Å². The number of nitrogens with zero attached hydrogens (tertiary/aromatic N) is 2. The second-order valence-corrected chi connectivity index (χ2v) is 8.36. The van der Waals surface area contributed by atoms with Crippen LogP contribution in [-0.4, -0.2) is 35.2 Å². The Balaban J connectivity index is 1.51. The zero-order valence-corrected chi connectivity index (χ0v) is 16.9. The van der Waals surface area contributed by atoms with E-state index < -0.39 is 0 Å². The highest BCUT2D eigenvalue weighted by atomic mass is 35.5. The predicted molar refractivity (Wildman–Crippen MR) is 113 cm³/mol. The van der Waals surface area contributed by atoms with Gasteiger partial charge in [0.1, 0.15) is 11.9 Å². The van der Waals surface area contributed by atoms with Crippen LogP contribution in [-0.2, 0) is 6.42 Å².